The van der Waals surface area contributed by atoms with Gasteiger partial charge >= 0.3 is 5.69 Å². The van der Waals surface area contributed by atoms with E-state index in [1.165, 1.54) is 5.56 Å². The summed E-state index contributed by atoms with van der Waals surface area (Å²) in [6.07, 6.45) is 1.04. The van der Waals surface area contributed by atoms with Gasteiger partial charge in [0.1, 0.15) is 0 Å². The summed E-state index contributed by atoms with van der Waals surface area (Å²) in [5.74, 6) is 0.583. The molecule has 0 aliphatic rings. The summed E-state index contributed by atoms with van der Waals surface area (Å²) in [7, 11) is 0. The number of aromatic nitrogens is 2. The van der Waals surface area contributed by atoms with Crippen molar-refractivity contribution in [1.29, 1.82) is 0 Å². The summed E-state index contributed by atoms with van der Waals surface area (Å²) in [4.78, 5) is 17.2. The van der Waals surface area contributed by atoms with E-state index >= 15 is 0 Å². The van der Waals surface area contributed by atoms with Crippen molar-refractivity contribution >= 4 is 42.9 Å². The number of nitrogens with one attached hydrogen (secondary N) is 2. The highest BCUT2D eigenvalue weighted by atomic mass is 79.9. The monoisotopic (exact) mass is 402 g/mol. The molecular formula is C15H20Br2N2O. The maximum absolute atomic E-state index is 11.4. The molecule has 1 aromatic heterocycles. The Bertz CT molecular complexity index is 667. The number of alkyl halides is 1. The average Bonchev–Trinajstić information content (AvgIpc) is 2.65. The minimum Gasteiger partial charge on any atom is -0.306 e. The molecule has 0 fully saturated rings. The van der Waals surface area contributed by atoms with Gasteiger partial charge in [-0.05, 0) is 35.4 Å². The molecule has 2 atom stereocenters. The van der Waals surface area contributed by atoms with Gasteiger partial charge in [-0.25, -0.2) is 4.79 Å². The molecule has 1 heterocycles. The quantitative estimate of drug-likeness (QED) is 0.685. The smallest absolute Gasteiger partial charge is 0.306 e. The lowest BCUT2D eigenvalue weighted by Crippen LogP contribution is -2.18. The highest BCUT2D eigenvalue weighted by Crippen LogP contribution is 2.40. The van der Waals surface area contributed by atoms with Crippen LogP contribution in [0.15, 0.2) is 21.4 Å². The van der Waals surface area contributed by atoms with Gasteiger partial charge in [0.05, 0.1) is 11.0 Å². The number of hydrogen-bond acceptors (Lipinski definition) is 1. The molecule has 0 bridgehead atoms. The number of rotatable bonds is 3. The molecular weight excluding hydrogens is 384 g/mol. The van der Waals surface area contributed by atoms with Crippen molar-refractivity contribution in [3.8, 4) is 0 Å². The number of imidazole rings is 1. The highest BCUT2D eigenvalue weighted by Gasteiger charge is 2.24. The van der Waals surface area contributed by atoms with Gasteiger partial charge in [-0.3, -0.25) is 0 Å². The van der Waals surface area contributed by atoms with Crippen molar-refractivity contribution in [2.75, 3.05) is 0 Å². The highest BCUT2D eigenvalue weighted by molar-refractivity contribution is 9.11. The van der Waals surface area contributed by atoms with Crippen LogP contribution >= 0.6 is 31.9 Å². The summed E-state index contributed by atoms with van der Waals surface area (Å²) in [6.45, 7) is 9.07. The second-order valence-corrected chi connectivity index (χ2v) is 8.43. The van der Waals surface area contributed by atoms with Gasteiger partial charge in [-0.15, -0.1) is 0 Å². The minimum atomic E-state index is -0.168. The standard InChI is InChI=1S/C15H20Br2N2O/c1-8(15(2,3)4)5-10(16)9-6-12-13(7-11(9)17)19-14(20)18-12/h6-8,10H,5H2,1-4H3,(H2,18,19,20). The fourth-order valence-corrected chi connectivity index (χ4v) is 3.97. The third-order valence-electron chi connectivity index (χ3n) is 4.01. The molecule has 0 amide bonds. The molecule has 0 aliphatic heterocycles. The molecule has 110 valence electrons. The van der Waals surface area contributed by atoms with Gasteiger partial charge in [0.15, 0.2) is 0 Å². The number of fused-ring (bicyclic) bond motifs is 1. The first-order valence-electron chi connectivity index (χ1n) is 6.74. The predicted molar refractivity (Wildman–Crippen MR) is 91.5 cm³/mol. The fraction of sp³-hybridized carbons (Fsp3) is 0.533. The van der Waals surface area contributed by atoms with E-state index in [1.807, 2.05) is 12.1 Å². The van der Waals surface area contributed by atoms with Crippen LogP contribution in [0, 0.1) is 11.3 Å². The number of aromatic amines is 2. The Kier molecular flexibility index (Phi) is 4.50. The van der Waals surface area contributed by atoms with Crippen LogP contribution < -0.4 is 5.69 Å². The molecule has 5 heteroatoms. The second kappa shape index (κ2) is 5.68. The Morgan fingerprint density at radius 3 is 2.30 bits per heavy atom. The Morgan fingerprint density at radius 2 is 1.75 bits per heavy atom. The average molecular weight is 404 g/mol. The van der Waals surface area contributed by atoms with Gasteiger partial charge < -0.3 is 9.97 Å². The van der Waals surface area contributed by atoms with Crippen molar-refractivity contribution in [2.45, 2.75) is 38.9 Å². The van der Waals surface area contributed by atoms with Gasteiger partial charge in [-0.2, -0.15) is 0 Å². The van der Waals surface area contributed by atoms with Crippen molar-refractivity contribution < 1.29 is 0 Å². The second-order valence-electron chi connectivity index (χ2n) is 6.47. The van der Waals surface area contributed by atoms with E-state index < -0.39 is 0 Å². The Morgan fingerprint density at radius 1 is 1.20 bits per heavy atom. The Labute approximate surface area is 135 Å². The first-order chi connectivity index (χ1) is 9.18. The van der Waals surface area contributed by atoms with Gasteiger partial charge in [0.25, 0.3) is 0 Å². The first kappa shape index (κ1) is 15.8. The molecule has 2 aromatic rings. The van der Waals surface area contributed by atoms with Gasteiger partial charge in [-0.1, -0.05) is 59.6 Å². The lowest BCUT2D eigenvalue weighted by atomic mass is 9.79. The zero-order valence-electron chi connectivity index (χ0n) is 12.2. The summed E-state index contributed by atoms with van der Waals surface area (Å²) < 4.78 is 1.02. The maximum atomic E-state index is 11.4. The molecule has 2 unspecified atom stereocenters. The number of hydrogen-bond donors (Lipinski definition) is 2. The molecule has 20 heavy (non-hydrogen) atoms. The van der Waals surface area contributed by atoms with Crippen molar-refractivity contribution in [3.05, 3.63) is 32.7 Å². The van der Waals surface area contributed by atoms with E-state index in [0.717, 1.165) is 21.9 Å². The van der Waals surface area contributed by atoms with Crippen LogP contribution in [0.4, 0.5) is 0 Å². The third-order valence-corrected chi connectivity index (χ3v) is 5.56. The molecule has 0 aliphatic carbocycles. The molecule has 1 aromatic carbocycles. The third kappa shape index (κ3) is 3.37. The Balaban J connectivity index is 2.32. The molecule has 0 radical (unpaired) electrons. The molecule has 3 nitrogen and oxygen atoms in total. The molecule has 0 saturated heterocycles. The first-order valence-corrected chi connectivity index (χ1v) is 8.45. The van der Waals surface area contributed by atoms with E-state index in [9.17, 15) is 4.79 Å². The van der Waals surface area contributed by atoms with Crippen LogP contribution in [-0.2, 0) is 0 Å². The minimum absolute atomic E-state index is 0.168. The fourth-order valence-electron chi connectivity index (χ4n) is 2.10. The molecule has 0 saturated carbocycles. The largest absolute Gasteiger partial charge is 0.323 e. The van der Waals surface area contributed by atoms with Crippen molar-refractivity contribution in [3.63, 3.8) is 0 Å². The zero-order valence-corrected chi connectivity index (χ0v) is 15.4. The number of benzene rings is 1. The summed E-state index contributed by atoms with van der Waals surface area (Å²) in [5.41, 5.74) is 2.96. The van der Waals surface area contributed by atoms with Crippen LogP contribution in [-0.4, -0.2) is 9.97 Å². The lowest BCUT2D eigenvalue weighted by Gasteiger charge is -2.29. The summed E-state index contributed by atoms with van der Waals surface area (Å²) >= 11 is 7.39. The summed E-state index contributed by atoms with van der Waals surface area (Å²) in [5, 5.41) is 0. The van der Waals surface area contributed by atoms with E-state index in [-0.39, 0.29) is 15.9 Å². The lowest BCUT2D eigenvalue weighted by molar-refractivity contribution is 0.246. The SMILES string of the molecule is CC(CC(Br)c1cc2[nH]c(=O)[nH]c2cc1Br)C(C)(C)C. The molecule has 2 N–H and O–H groups in total. The summed E-state index contributed by atoms with van der Waals surface area (Å²) in [6, 6.07) is 3.99. The molecule has 0 spiro atoms. The topological polar surface area (TPSA) is 48.6 Å². The van der Waals surface area contributed by atoms with Crippen LogP contribution in [0.2, 0.25) is 0 Å². The number of halogens is 2. The van der Waals surface area contributed by atoms with Gasteiger partial charge in [0.2, 0.25) is 0 Å². The van der Waals surface area contributed by atoms with Crippen LogP contribution in [0.1, 0.15) is 44.5 Å². The maximum Gasteiger partial charge on any atom is 0.323 e. The Hall–Kier alpha value is -0.550. The van der Waals surface area contributed by atoms with Crippen molar-refractivity contribution in [1.82, 2.24) is 9.97 Å². The van der Waals surface area contributed by atoms with E-state index in [0.29, 0.717) is 5.92 Å². The van der Waals surface area contributed by atoms with Gasteiger partial charge in [0, 0.05) is 9.30 Å². The van der Waals surface area contributed by atoms with Crippen LogP contribution in [0.25, 0.3) is 11.0 Å². The normalized spacial score (nSPS) is 15.5. The predicted octanol–water partition coefficient (Wildman–Crippen LogP) is 5.13. The van der Waals surface area contributed by atoms with E-state index in [4.69, 9.17) is 0 Å². The number of H-pyrrole nitrogens is 2. The van der Waals surface area contributed by atoms with Crippen molar-refractivity contribution in [2.24, 2.45) is 11.3 Å². The van der Waals surface area contributed by atoms with E-state index in [2.05, 4.69) is 69.5 Å². The van der Waals surface area contributed by atoms with Crippen LogP contribution in [0.5, 0.6) is 0 Å². The zero-order chi connectivity index (χ0) is 15.1. The van der Waals surface area contributed by atoms with E-state index in [1.54, 1.807) is 0 Å². The molecule has 2 rings (SSSR count). The van der Waals surface area contributed by atoms with Crippen LogP contribution in [0.3, 0.4) is 0 Å².